The van der Waals surface area contributed by atoms with Gasteiger partial charge in [-0.3, -0.25) is 14.4 Å². The summed E-state index contributed by atoms with van der Waals surface area (Å²) in [5.41, 5.74) is 6.50. The number of aromatic hydroxyl groups is 1. The van der Waals surface area contributed by atoms with Crippen molar-refractivity contribution in [1.29, 1.82) is 0 Å². The standard InChI is InChI=1S/C22H34N4O6S3/c1-34-9-7-15(23)19(28)24-16(8-10-35-2)20(29)26-18(12-33)21(30)25-17(22(31)32)11-13-3-5-14(27)6-4-13/h3-6,15-18,27,33H,7-12,23H2,1-2H3,(H,24,28)(H,25,30)(H,26,29)(H,31,32). The molecule has 1 rings (SSSR count). The van der Waals surface area contributed by atoms with Gasteiger partial charge < -0.3 is 31.9 Å². The third-order valence-electron chi connectivity index (χ3n) is 5.02. The van der Waals surface area contributed by atoms with Crippen molar-refractivity contribution in [3.63, 3.8) is 0 Å². The maximum atomic E-state index is 12.9. The van der Waals surface area contributed by atoms with Gasteiger partial charge in [-0.15, -0.1) is 0 Å². The van der Waals surface area contributed by atoms with Gasteiger partial charge in [0.05, 0.1) is 6.04 Å². The monoisotopic (exact) mass is 546 g/mol. The fourth-order valence-corrected chi connectivity index (χ4v) is 4.18. The molecule has 1 aromatic carbocycles. The van der Waals surface area contributed by atoms with Crippen molar-refractivity contribution in [2.75, 3.05) is 29.8 Å². The van der Waals surface area contributed by atoms with E-state index in [9.17, 15) is 29.4 Å². The Hall–Kier alpha value is -2.09. The Balaban J connectivity index is 2.83. The predicted molar refractivity (Wildman–Crippen MR) is 143 cm³/mol. The molecule has 7 N–H and O–H groups in total. The number of carbonyl (C=O) groups is 4. The summed E-state index contributed by atoms with van der Waals surface area (Å²) in [5.74, 6) is -1.76. The molecule has 0 heterocycles. The van der Waals surface area contributed by atoms with Gasteiger partial charge in [0, 0.05) is 12.2 Å². The highest BCUT2D eigenvalue weighted by atomic mass is 32.2. The van der Waals surface area contributed by atoms with Crippen molar-refractivity contribution in [2.24, 2.45) is 5.73 Å². The number of benzene rings is 1. The zero-order valence-electron chi connectivity index (χ0n) is 19.7. The number of carboxylic acid groups (broad SMARTS) is 1. The van der Waals surface area contributed by atoms with Crippen LogP contribution in [-0.4, -0.2) is 87.8 Å². The molecular formula is C22H34N4O6S3. The summed E-state index contributed by atoms with van der Waals surface area (Å²) in [6.07, 6.45) is 4.54. The van der Waals surface area contributed by atoms with Crippen LogP contribution in [0.3, 0.4) is 0 Å². The van der Waals surface area contributed by atoms with E-state index >= 15 is 0 Å². The van der Waals surface area contributed by atoms with Gasteiger partial charge in [-0.05, 0) is 54.6 Å². The van der Waals surface area contributed by atoms with Crippen LogP contribution in [0.15, 0.2) is 24.3 Å². The first-order valence-electron chi connectivity index (χ1n) is 10.9. The quantitative estimate of drug-likeness (QED) is 0.143. The first-order chi connectivity index (χ1) is 16.6. The van der Waals surface area contributed by atoms with E-state index in [0.717, 1.165) is 0 Å². The number of thiol groups is 1. The fraction of sp³-hybridized carbons (Fsp3) is 0.545. The topological polar surface area (TPSA) is 171 Å². The third-order valence-corrected chi connectivity index (χ3v) is 6.67. The summed E-state index contributed by atoms with van der Waals surface area (Å²) >= 11 is 7.19. The number of hydrogen-bond acceptors (Lipinski definition) is 9. The number of carbonyl (C=O) groups excluding carboxylic acids is 3. The molecule has 196 valence electrons. The van der Waals surface area contributed by atoms with Crippen molar-refractivity contribution >= 4 is 59.8 Å². The first kappa shape index (κ1) is 30.9. The lowest BCUT2D eigenvalue weighted by Gasteiger charge is -2.24. The lowest BCUT2D eigenvalue weighted by molar-refractivity contribution is -0.142. The highest BCUT2D eigenvalue weighted by Crippen LogP contribution is 2.12. The van der Waals surface area contributed by atoms with Gasteiger partial charge in [0.1, 0.15) is 23.9 Å². The second-order valence-corrected chi connectivity index (χ2v) is 10.1. The first-order valence-corrected chi connectivity index (χ1v) is 14.3. The normalized spacial score (nSPS) is 14.3. The number of aliphatic carboxylic acids is 1. The highest BCUT2D eigenvalue weighted by Gasteiger charge is 2.29. The number of carboxylic acids is 1. The molecule has 4 unspecified atom stereocenters. The Morgan fingerprint density at radius 3 is 1.94 bits per heavy atom. The maximum Gasteiger partial charge on any atom is 0.326 e. The average molecular weight is 547 g/mol. The maximum absolute atomic E-state index is 12.9. The third kappa shape index (κ3) is 11.5. The second-order valence-electron chi connectivity index (χ2n) is 7.74. The predicted octanol–water partition coefficient (Wildman–Crippen LogP) is 0.237. The number of hydrogen-bond donors (Lipinski definition) is 7. The summed E-state index contributed by atoms with van der Waals surface area (Å²) in [6.45, 7) is 0. The molecular weight excluding hydrogens is 512 g/mol. The van der Waals surface area contributed by atoms with Crippen LogP contribution in [0.2, 0.25) is 0 Å². The van der Waals surface area contributed by atoms with Crippen LogP contribution in [0.4, 0.5) is 0 Å². The lowest BCUT2D eigenvalue weighted by Crippen LogP contribution is -2.58. The van der Waals surface area contributed by atoms with Crippen molar-refractivity contribution in [1.82, 2.24) is 16.0 Å². The second kappa shape index (κ2) is 16.6. The number of phenolic OH excluding ortho intramolecular Hbond substituents is 1. The van der Waals surface area contributed by atoms with E-state index in [-0.39, 0.29) is 17.9 Å². The van der Waals surface area contributed by atoms with Crippen LogP contribution < -0.4 is 21.7 Å². The molecule has 3 amide bonds. The molecule has 0 bridgehead atoms. The van der Waals surface area contributed by atoms with E-state index in [0.29, 0.717) is 29.9 Å². The van der Waals surface area contributed by atoms with Crippen LogP contribution in [0.5, 0.6) is 5.75 Å². The molecule has 0 fully saturated rings. The number of phenols is 1. The number of thioether (sulfide) groups is 2. The molecule has 0 saturated carbocycles. The zero-order valence-corrected chi connectivity index (χ0v) is 22.3. The molecule has 0 spiro atoms. The van der Waals surface area contributed by atoms with Gasteiger partial charge in [0.15, 0.2) is 0 Å². The summed E-state index contributed by atoms with van der Waals surface area (Å²) in [7, 11) is 0. The van der Waals surface area contributed by atoms with Crippen LogP contribution >= 0.6 is 36.2 Å². The van der Waals surface area contributed by atoms with Crippen LogP contribution in [0, 0.1) is 0 Å². The van der Waals surface area contributed by atoms with Gasteiger partial charge in [0.2, 0.25) is 17.7 Å². The van der Waals surface area contributed by atoms with Gasteiger partial charge >= 0.3 is 5.97 Å². The Morgan fingerprint density at radius 2 is 1.40 bits per heavy atom. The molecule has 0 aliphatic heterocycles. The largest absolute Gasteiger partial charge is 0.508 e. The van der Waals surface area contributed by atoms with Crippen molar-refractivity contribution in [3.05, 3.63) is 29.8 Å². The minimum Gasteiger partial charge on any atom is -0.508 e. The number of nitrogens with one attached hydrogen (secondary N) is 3. The fourth-order valence-electron chi connectivity index (χ4n) is 2.97. The molecule has 13 heteroatoms. The Kier molecular flexibility index (Phi) is 14.6. The van der Waals surface area contributed by atoms with Crippen molar-refractivity contribution < 1.29 is 29.4 Å². The molecule has 1 aromatic rings. The molecule has 0 aliphatic rings. The number of amides is 3. The highest BCUT2D eigenvalue weighted by molar-refractivity contribution is 7.98. The molecule has 0 radical (unpaired) electrons. The minimum absolute atomic E-state index is 0.0189. The van der Waals surface area contributed by atoms with Gasteiger partial charge in [-0.25, -0.2) is 4.79 Å². The van der Waals surface area contributed by atoms with E-state index in [2.05, 4.69) is 28.6 Å². The van der Waals surface area contributed by atoms with Crippen molar-refractivity contribution in [2.45, 2.75) is 43.4 Å². The van der Waals surface area contributed by atoms with Crippen LogP contribution in [0.25, 0.3) is 0 Å². The van der Waals surface area contributed by atoms with Gasteiger partial charge in [-0.1, -0.05) is 12.1 Å². The number of nitrogens with two attached hydrogens (primary N) is 1. The van der Waals surface area contributed by atoms with Crippen LogP contribution in [0.1, 0.15) is 18.4 Å². The van der Waals surface area contributed by atoms with Gasteiger partial charge in [-0.2, -0.15) is 36.2 Å². The molecule has 4 atom stereocenters. The van der Waals surface area contributed by atoms with Gasteiger partial charge in [0.25, 0.3) is 0 Å². The zero-order chi connectivity index (χ0) is 26.4. The average Bonchev–Trinajstić information content (AvgIpc) is 2.83. The Labute approximate surface area is 219 Å². The molecule has 10 nitrogen and oxygen atoms in total. The van der Waals surface area contributed by atoms with E-state index in [1.165, 1.54) is 23.9 Å². The van der Waals surface area contributed by atoms with E-state index in [1.54, 1.807) is 23.9 Å². The van der Waals surface area contributed by atoms with E-state index < -0.39 is 47.9 Å². The van der Waals surface area contributed by atoms with E-state index in [4.69, 9.17) is 5.73 Å². The smallest absolute Gasteiger partial charge is 0.326 e. The molecule has 0 aliphatic carbocycles. The summed E-state index contributed by atoms with van der Waals surface area (Å²) in [4.78, 5) is 49.8. The SMILES string of the molecule is CSCCC(N)C(=O)NC(CCSC)C(=O)NC(CS)C(=O)NC(Cc1ccc(O)cc1)C(=O)O. The lowest BCUT2D eigenvalue weighted by atomic mass is 10.1. The molecule has 0 aromatic heterocycles. The Morgan fingerprint density at radius 1 is 0.886 bits per heavy atom. The Bertz CT molecular complexity index is 843. The van der Waals surface area contributed by atoms with Crippen LogP contribution in [-0.2, 0) is 25.6 Å². The number of rotatable bonds is 16. The summed E-state index contributed by atoms with van der Waals surface area (Å²) < 4.78 is 0. The minimum atomic E-state index is -1.26. The molecule has 35 heavy (non-hydrogen) atoms. The summed E-state index contributed by atoms with van der Waals surface area (Å²) in [6, 6.07) is 1.91. The summed E-state index contributed by atoms with van der Waals surface area (Å²) in [5, 5.41) is 26.6. The van der Waals surface area contributed by atoms with Crippen molar-refractivity contribution in [3.8, 4) is 5.75 Å². The van der Waals surface area contributed by atoms with E-state index in [1.807, 2.05) is 12.5 Å². The molecule has 0 saturated heterocycles.